The quantitative estimate of drug-likeness (QED) is 0.759. The Balaban J connectivity index is 1.76. The summed E-state index contributed by atoms with van der Waals surface area (Å²) in [4.78, 5) is 23.1. The number of aromatic amines is 1. The summed E-state index contributed by atoms with van der Waals surface area (Å²) in [6.45, 7) is 0.764. The number of fused-ring (bicyclic) bond motifs is 1. The van der Waals surface area contributed by atoms with Crippen molar-refractivity contribution in [3.8, 4) is 17.0 Å². The van der Waals surface area contributed by atoms with Gasteiger partial charge in [-0.25, -0.2) is 4.98 Å². The third-order valence-electron chi connectivity index (χ3n) is 4.46. The number of anilines is 1. The fourth-order valence-electron chi connectivity index (χ4n) is 3.29. The fourth-order valence-corrected chi connectivity index (χ4v) is 3.29. The molecule has 1 aliphatic rings. The first kappa shape index (κ1) is 17.1. The Morgan fingerprint density at radius 1 is 1.26 bits per heavy atom. The molecule has 0 saturated heterocycles. The zero-order valence-electron chi connectivity index (χ0n) is 14.5. The molecular weight excluding hydrogens is 356 g/mol. The number of ether oxygens (including phenoxy) is 1. The van der Waals surface area contributed by atoms with Crippen LogP contribution in [0.15, 0.2) is 36.9 Å². The van der Waals surface area contributed by atoms with Crippen LogP contribution in [0.3, 0.4) is 0 Å². The average Bonchev–Trinajstić information content (AvgIpc) is 3.22. The van der Waals surface area contributed by atoms with Crippen molar-refractivity contribution in [2.45, 2.75) is 26.5 Å². The largest absolute Gasteiger partial charge is 0.433 e. The van der Waals surface area contributed by atoms with Crippen LogP contribution in [-0.4, -0.2) is 32.7 Å². The molecule has 0 bridgehead atoms. The number of aromatic nitrogens is 4. The van der Waals surface area contributed by atoms with Crippen molar-refractivity contribution < 1.29 is 18.3 Å². The zero-order valence-corrected chi connectivity index (χ0v) is 14.5. The molecule has 4 heterocycles. The van der Waals surface area contributed by atoms with E-state index in [9.17, 15) is 13.6 Å². The first-order chi connectivity index (χ1) is 13.0. The molecule has 3 aromatic heterocycles. The van der Waals surface area contributed by atoms with Gasteiger partial charge in [0.1, 0.15) is 5.75 Å². The van der Waals surface area contributed by atoms with E-state index in [2.05, 4.69) is 24.9 Å². The summed E-state index contributed by atoms with van der Waals surface area (Å²) in [5.74, 6) is -0.199. The molecule has 0 unspecified atom stereocenters. The molecule has 0 aromatic carbocycles. The molecule has 0 aliphatic carbocycles. The van der Waals surface area contributed by atoms with Gasteiger partial charge in [-0.05, 0) is 31.5 Å². The van der Waals surface area contributed by atoms with E-state index in [1.807, 2.05) is 13.8 Å². The van der Waals surface area contributed by atoms with E-state index in [-0.39, 0.29) is 17.7 Å². The van der Waals surface area contributed by atoms with Crippen LogP contribution < -0.4 is 9.64 Å². The van der Waals surface area contributed by atoms with Gasteiger partial charge in [-0.2, -0.15) is 13.9 Å². The van der Waals surface area contributed by atoms with Gasteiger partial charge in [-0.1, -0.05) is 0 Å². The number of halogens is 2. The van der Waals surface area contributed by atoms with Crippen LogP contribution in [-0.2, 0) is 0 Å². The molecule has 9 heteroatoms. The predicted octanol–water partition coefficient (Wildman–Crippen LogP) is 3.50. The fraction of sp³-hybridized carbons (Fsp3) is 0.222. The number of amides is 1. The second-order valence-corrected chi connectivity index (χ2v) is 6.18. The van der Waals surface area contributed by atoms with Crippen LogP contribution in [0, 0.1) is 6.92 Å². The van der Waals surface area contributed by atoms with Crippen molar-refractivity contribution in [3.63, 3.8) is 0 Å². The minimum Gasteiger partial charge on any atom is -0.433 e. The van der Waals surface area contributed by atoms with Gasteiger partial charge in [0.05, 0.1) is 41.1 Å². The SMILES string of the molecule is Cc1cc(-c2cncc(OC(F)F)c2)nc2c1C(=O)N(c1cn[nH]c1)[C@@H]2C. The Hall–Kier alpha value is -3.36. The Morgan fingerprint density at radius 3 is 2.78 bits per heavy atom. The van der Waals surface area contributed by atoms with Crippen molar-refractivity contribution in [1.82, 2.24) is 20.2 Å². The van der Waals surface area contributed by atoms with Crippen molar-refractivity contribution in [2.75, 3.05) is 4.90 Å². The molecule has 138 valence electrons. The van der Waals surface area contributed by atoms with E-state index in [4.69, 9.17) is 0 Å². The first-order valence-electron chi connectivity index (χ1n) is 8.20. The molecule has 3 aromatic rings. The molecule has 4 rings (SSSR count). The molecule has 0 spiro atoms. The maximum atomic E-state index is 12.9. The summed E-state index contributed by atoms with van der Waals surface area (Å²) < 4.78 is 29.3. The molecule has 1 aliphatic heterocycles. The van der Waals surface area contributed by atoms with E-state index < -0.39 is 6.61 Å². The number of hydrogen-bond donors (Lipinski definition) is 1. The van der Waals surface area contributed by atoms with E-state index in [0.717, 1.165) is 5.56 Å². The molecule has 0 fully saturated rings. The summed E-state index contributed by atoms with van der Waals surface area (Å²) in [6.07, 6.45) is 5.95. The maximum absolute atomic E-state index is 12.9. The zero-order chi connectivity index (χ0) is 19.1. The van der Waals surface area contributed by atoms with Crippen LogP contribution in [0.2, 0.25) is 0 Å². The number of carbonyl (C=O) groups is 1. The van der Waals surface area contributed by atoms with Gasteiger partial charge < -0.3 is 4.74 Å². The van der Waals surface area contributed by atoms with Gasteiger partial charge in [0.15, 0.2) is 0 Å². The monoisotopic (exact) mass is 371 g/mol. The Kier molecular flexibility index (Phi) is 4.06. The second-order valence-electron chi connectivity index (χ2n) is 6.18. The summed E-state index contributed by atoms with van der Waals surface area (Å²) in [6, 6.07) is 2.89. The minimum atomic E-state index is -2.93. The van der Waals surface area contributed by atoms with Crippen molar-refractivity contribution in [1.29, 1.82) is 0 Å². The Morgan fingerprint density at radius 2 is 2.07 bits per heavy atom. The second kappa shape index (κ2) is 6.42. The lowest BCUT2D eigenvalue weighted by Gasteiger charge is -2.19. The number of carbonyl (C=O) groups excluding carboxylic acids is 1. The molecule has 1 atom stereocenters. The minimum absolute atomic E-state index is 0.0494. The topological polar surface area (TPSA) is 84.0 Å². The van der Waals surface area contributed by atoms with Crippen molar-refractivity contribution in [2.24, 2.45) is 0 Å². The van der Waals surface area contributed by atoms with Crippen LogP contribution in [0.4, 0.5) is 14.5 Å². The summed E-state index contributed by atoms with van der Waals surface area (Å²) in [5.41, 5.74) is 3.63. The summed E-state index contributed by atoms with van der Waals surface area (Å²) in [5, 5.41) is 6.60. The first-order valence-corrected chi connectivity index (χ1v) is 8.20. The van der Waals surface area contributed by atoms with E-state index >= 15 is 0 Å². The lowest BCUT2D eigenvalue weighted by atomic mass is 10.0. The lowest BCUT2D eigenvalue weighted by Crippen LogP contribution is -2.25. The highest BCUT2D eigenvalue weighted by atomic mass is 19.3. The van der Waals surface area contributed by atoms with E-state index in [1.54, 1.807) is 23.4 Å². The average molecular weight is 371 g/mol. The standard InChI is InChI=1S/C18H15F2N5O2/c1-9-3-14(11-4-13(8-21-5-11)27-18(19)20)24-16-10(2)25(17(26)15(9)16)12-6-22-23-7-12/h3-8,10,18H,1-2H3,(H,22,23)/t10-/m1/s1. The van der Waals surface area contributed by atoms with Gasteiger partial charge in [-0.15, -0.1) is 0 Å². The number of nitrogens with one attached hydrogen (secondary N) is 1. The number of alkyl halides is 2. The van der Waals surface area contributed by atoms with Crippen LogP contribution >= 0.6 is 0 Å². The van der Waals surface area contributed by atoms with Crippen molar-refractivity contribution in [3.05, 3.63) is 53.7 Å². The number of rotatable bonds is 4. The highest BCUT2D eigenvalue weighted by molar-refractivity contribution is 6.11. The Labute approximate surface area is 153 Å². The predicted molar refractivity (Wildman–Crippen MR) is 92.6 cm³/mol. The third-order valence-corrected chi connectivity index (χ3v) is 4.46. The van der Waals surface area contributed by atoms with Crippen LogP contribution in [0.1, 0.15) is 34.6 Å². The number of pyridine rings is 2. The number of aryl methyl sites for hydroxylation is 1. The number of nitrogens with zero attached hydrogens (tertiary/aromatic N) is 4. The van der Waals surface area contributed by atoms with E-state index in [1.165, 1.54) is 18.5 Å². The summed E-state index contributed by atoms with van der Waals surface area (Å²) >= 11 is 0. The van der Waals surface area contributed by atoms with Crippen LogP contribution in [0.5, 0.6) is 5.75 Å². The van der Waals surface area contributed by atoms with Gasteiger partial charge in [0, 0.05) is 18.0 Å². The van der Waals surface area contributed by atoms with E-state index in [0.29, 0.717) is 28.2 Å². The molecule has 1 amide bonds. The summed E-state index contributed by atoms with van der Waals surface area (Å²) in [7, 11) is 0. The maximum Gasteiger partial charge on any atom is 0.387 e. The molecular formula is C18H15F2N5O2. The van der Waals surface area contributed by atoms with Gasteiger partial charge in [-0.3, -0.25) is 19.8 Å². The Bertz CT molecular complexity index is 1010. The normalized spacial score (nSPS) is 16.1. The van der Waals surface area contributed by atoms with Gasteiger partial charge >= 0.3 is 6.61 Å². The van der Waals surface area contributed by atoms with Gasteiger partial charge in [0.2, 0.25) is 0 Å². The molecule has 1 N–H and O–H groups in total. The molecule has 27 heavy (non-hydrogen) atoms. The molecule has 0 radical (unpaired) electrons. The highest BCUT2D eigenvalue weighted by Gasteiger charge is 2.38. The number of H-pyrrole nitrogens is 1. The van der Waals surface area contributed by atoms with Gasteiger partial charge in [0.25, 0.3) is 5.91 Å². The van der Waals surface area contributed by atoms with Crippen LogP contribution in [0.25, 0.3) is 11.3 Å². The number of hydrogen-bond acceptors (Lipinski definition) is 5. The highest BCUT2D eigenvalue weighted by Crippen LogP contribution is 2.38. The van der Waals surface area contributed by atoms with Crippen molar-refractivity contribution >= 4 is 11.6 Å². The molecule has 0 saturated carbocycles. The lowest BCUT2D eigenvalue weighted by molar-refractivity contribution is -0.0500. The molecule has 7 nitrogen and oxygen atoms in total. The third kappa shape index (κ3) is 2.90. The smallest absolute Gasteiger partial charge is 0.387 e.